The van der Waals surface area contributed by atoms with Gasteiger partial charge in [0.05, 0.1) is 10.3 Å². The van der Waals surface area contributed by atoms with E-state index >= 15 is 0 Å². The van der Waals surface area contributed by atoms with Gasteiger partial charge in [0.2, 0.25) is 0 Å². The summed E-state index contributed by atoms with van der Waals surface area (Å²) in [4.78, 5) is 26.9. The van der Waals surface area contributed by atoms with E-state index in [1.165, 1.54) is 0 Å². The Morgan fingerprint density at radius 3 is 3.08 bits per heavy atom. The predicted octanol–water partition coefficient (Wildman–Crippen LogP) is 1.63. The van der Waals surface area contributed by atoms with Crippen molar-refractivity contribution in [1.29, 1.82) is 0 Å². The molecule has 2 aromatic heterocycles. The number of carbonyl (C=O) groups is 1. The number of aromatic amines is 1. The molecule has 4 rings (SSSR count). The Morgan fingerprint density at radius 1 is 1.44 bits per heavy atom. The van der Waals surface area contributed by atoms with Crippen LogP contribution in [0, 0.1) is 5.92 Å². The molecule has 0 spiro atoms. The molecule has 0 aromatic carbocycles. The van der Waals surface area contributed by atoms with Gasteiger partial charge in [0.25, 0.3) is 5.91 Å². The maximum atomic E-state index is 12.4. The molecule has 4 N–H and O–H groups in total. The number of hydrogen-bond donors (Lipinski definition) is 3. The summed E-state index contributed by atoms with van der Waals surface area (Å²) >= 11 is 1.58. The standard InChI is InChI=1S/C16H20N6OS.ClH/c17-12-2-1-10(12)7-19-16(23)13-8-22(5-6-24-13)15-11-3-4-18-14(11)20-9-21-15;/h3-4,8-10,12H,1-2,5-7,17H2,(H,19,23)(H,18,20,21);1H/t10-,12+;/m1./s1. The molecule has 3 heterocycles. The lowest BCUT2D eigenvalue weighted by molar-refractivity contribution is -0.117. The zero-order chi connectivity index (χ0) is 16.5. The summed E-state index contributed by atoms with van der Waals surface area (Å²) in [7, 11) is 0. The number of carbonyl (C=O) groups excluding carboxylic acids is 1. The second-order valence-corrected chi connectivity index (χ2v) is 7.32. The maximum absolute atomic E-state index is 12.4. The number of thioether (sulfide) groups is 1. The summed E-state index contributed by atoms with van der Waals surface area (Å²) in [5, 5.41) is 3.97. The minimum atomic E-state index is -0.0248. The number of halogens is 1. The number of nitrogens with two attached hydrogens (primary N) is 1. The first-order valence-electron chi connectivity index (χ1n) is 8.15. The molecule has 2 atom stereocenters. The lowest BCUT2D eigenvalue weighted by atomic mass is 9.80. The lowest BCUT2D eigenvalue weighted by Gasteiger charge is -2.33. The molecule has 0 unspecified atom stereocenters. The molecule has 1 amide bonds. The molecule has 9 heteroatoms. The van der Waals surface area contributed by atoms with E-state index in [9.17, 15) is 4.79 Å². The van der Waals surface area contributed by atoms with Crippen LogP contribution in [0.15, 0.2) is 29.7 Å². The predicted molar refractivity (Wildman–Crippen MR) is 103 cm³/mol. The van der Waals surface area contributed by atoms with Crippen molar-refractivity contribution in [1.82, 2.24) is 20.3 Å². The molecule has 0 bridgehead atoms. The fraction of sp³-hybridized carbons (Fsp3) is 0.438. The third-order valence-corrected chi connectivity index (χ3v) is 5.68. The van der Waals surface area contributed by atoms with E-state index in [0.717, 1.165) is 46.9 Å². The fourth-order valence-electron chi connectivity index (χ4n) is 3.04. The Kier molecular flexibility index (Phi) is 5.51. The van der Waals surface area contributed by atoms with Crippen molar-refractivity contribution >= 4 is 46.9 Å². The van der Waals surface area contributed by atoms with Gasteiger partial charge in [-0.2, -0.15) is 0 Å². The Bertz CT molecular complexity index is 794. The lowest BCUT2D eigenvalue weighted by Crippen LogP contribution is -2.46. The first-order valence-corrected chi connectivity index (χ1v) is 9.14. The molecule has 7 nitrogen and oxygen atoms in total. The highest BCUT2D eigenvalue weighted by molar-refractivity contribution is 8.04. The number of rotatable bonds is 4. The van der Waals surface area contributed by atoms with E-state index in [-0.39, 0.29) is 24.4 Å². The zero-order valence-corrected chi connectivity index (χ0v) is 15.3. The summed E-state index contributed by atoms with van der Waals surface area (Å²) in [5.41, 5.74) is 6.73. The van der Waals surface area contributed by atoms with Crippen LogP contribution in [0.2, 0.25) is 0 Å². The zero-order valence-electron chi connectivity index (χ0n) is 13.6. The molecule has 1 fully saturated rings. The summed E-state index contributed by atoms with van der Waals surface area (Å²) in [6.07, 6.45) is 7.44. The highest BCUT2D eigenvalue weighted by Gasteiger charge is 2.28. The van der Waals surface area contributed by atoms with Crippen LogP contribution in [0.1, 0.15) is 12.8 Å². The molecule has 1 aliphatic carbocycles. The van der Waals surface area contributed by atoms with Gasteiger partial charge in [-0.05, 0) is 24.8 Å². The molecule has 0 radical (unpaired) electrons. The van der Waals surface area contributed by atoms with Crippen LogP contribution < -0.4 is 16.0 Å². The number of fused-ring (bicyclic) bond motifs is 1. The molecule has 2 aliphatic rings. The number of amides is 1. The number of hydrogen-bond acceptors (Lipinski definition) is 6. The average Bonchev–Trinajstić information content (AvgIpc) is 3.09. The smallest absolute Gasteiger partial charge is 0.259 e. The number of nitrogens with one attached hydrogen (secondary N) is 2. The topological polar surface area (TPSA) is 99.9 Å². The van der Waals surface area contributed by atoms with Gasteiger partial charge in [0.1, 0.15) is 17.8 Å². The van der Waals surface area contributed by atoms with Gasteiger partial charge in [-0.25, -0.2) is 9.97 Å². The normalized spacial score (nSPS) is 22.8. The van der Waals surface area contributed by atoms with E-state index in [4.69, 9.17) is 5.73 Å². The summed E-state index contributed by atoms with van der Waals surface area (Å²) < 4.78 is 0. The van der Waals surface area contributed by atoms with Gasteiger partial charge in [-0.1, -0.05) is 0 Å². The molecule has 0 saturated heterocycles. The largest absolute Gasteiger partial charge is 0.351 e. The maximum Gasteiger partial charge on any atom is 0.259 e. The third-order valence-electron chi connectivity index (χ3n) is 4.69. The first kappa shape index (κ1) is 18.0. The van der Waals surface area contributed by atoms with E-state index in [1.807, 2.05) is 23.4 Å². The van der Waals surface area contributed by atoms with Crippen molar-refractivity contribution < 1.29 is 4.79 Å². The van der Waals surface area contributed by atoms with Crippen molar-refractivity contribution in [3.8, 4) is 0 Å². The Morgan fingerprint density at radius 2 is 2.32 bits per heavy atom. The summed E-state index contributed by atoms with van der Waals surface area (Å²) in [5.74, 6) is 2.06. The van der Waals surface area contributed by atoms with Crippen LogP contribution in [0.25, 0.3) is 11.0 Å². The van der Waals surface area contributed by atoms with Gasteiger partial charge >= 0.3 is 0 Å². The van der Waals surface area contributed by atoms with E-state index in [1.54, 1.807) is 18.1 Å². The third kappa shape index (κ3) is 3.61. The minimum absolute atomic E-state index is 0. The van der Waals surface area contributed by atoms with Crippen molar-refractivity contribution in [3.63, 3.8) is 0 Å². The van der Waals surface area contributed by atoms with Crippen molar-refractivity contribution in [2.75, 3.05) is 23.7 Å². The van der Waals surface area contributed by atoms with E-state index < -0.39 is 0 Å². The monoisotopic (exact) mass is 380 g/mol. The van der Waals surface area contributed by atoms with Crippen molar-refractivity contribution in [3.05, 3.63) is 29.7 Å². The van der Waals surface area contributed by atoms with Gasteiger partial charge in [0, 0.05) is 37.3 Å². The van der Waals surface area contributed by atoms with Gasteiger partial charge in [-0.3, -0.25) is 4.79 Å². The van der Waals surface area contributed by atoms with Crippen LogP contribution in [-0.4, -0.2) is 45.7 Å². The minimum Gasteiger partial charge on any atom is -0.351 e. The highest BCUT2D eigenvalue weighted by Crippen LogP contribution is 2.29. The van der Waals surface area contributed by atoms with Crippen LogP contribution in [-0.2, 0) is 4.79 Å². The van der Waals surface area contributed by atoms with Gasteiger partial charge in [0.15, 0.2) is 0 Å². The van der Waals surface area contributed by atoms with Gasteiger partial charge in [-0.15, -0.1) is 24.2 Å². The van der Waals surface area contributed by atoms with Crippen molar-refractivity contribution in [2.45, 2.75) is 18.9 Å². The second kappa shape index (κ2) is 7.63. The average molecular weight is 381 g/mol. The molecular weight excluding hydrogens is 360 g/mol. The fourth-order valence-corrected chi connectivity index (χ4v) is 3.95. The molecule has 134 valence electrons. The van der Waals surface area contributed by atoms with Gasteiger partial charge < -0.3 is 20.9 Å². The molecule has 1 aliphatic heterocycles. The highest BCUT2D eigenvalue weighted by atomic mass is 35.5. The number of aromatic nitrogens is 3. The van der Waals surface area contributed by atoms with Crippen LogP contribution in [0.5, 0.6) is 0 Å². The Hall–Kier alpha value is -1.77. The van der Waals surface area contributed by atoms with Crippen LogP contribution in [0.3, 0.4) is 0 Å². The molecule has 1 saturated carbocycles. The number of nitrogens with zero attached hydrogens (tertiary/aromatic N) is 3. The van der Waals surface area contributed by atoms with E-state index in [2.05, 4.69) is 20.3 Å². The second-order valence-electron chi connectivity index (χ2n) is 6.18. The molecule has 2 aromatic rings. The quantitative estimate of drug-likeness (QED) is 0.745. The first-order chi connectivity index (χ1) is 11.7. The SMILES string of the molecule is Cl.N[C@H]1CC[C@@H]1CNC(=O)C1=CN(c2ncnc3[nH]ccc23)CCS1. The molecule has 25 heavy (non-hydrogen) atoms. The Labute approximate surface area is 156 Å². The van der Waals surface area contributed by atoms with E-state index in [0.29, 0.717) is 12.5 Å². The Balaban J connectivity index is 0.00000182. The molecular formula is C16H21ClN6OS. The van der Waals surface area contributed by atoms with Crippen LogP contribution >= 0.6 is 24.2 Å². The number of anilines is 1. The summed E-state index contributed by atoms with van der Waals surface area (Å²) in [6.45, 7) is 1.47. The number of H-pyrrole nitrogens is 1. The van der Waals surface area contributed by atoms with Crippen LogP contribution in [0.4, 0.5) is 5.82 Å². The summed E-state index contributed by atoms with van der Waals surface area (Å²) in [6, 6.07) is 2.19. The van der Waals surface area contributed by atoms with Crippen molar-refractivity contribution in [2.24, 2.45) is 11.7 Å².